The van der Waals surface area contributed by atoms with Crippen LogP contribution in [0.1, 0.15) is 25.0 Å². The van der Waals surface area contributed by atoms with Gasteiger partial charge in [-0.25, -0.2) is 0 Å². The van der Waals surface area contributed by atoms with Gasteiger partial charge in [0.1, 0.15) is 5.75 Å². The number of ether oxygens (including phenoxy) is 2. The first-order valence-corrected chi connectivity index (χ1v) is 6.28. The molecule has 0 radical (unpaired) electrons. The van der Waals surface area contributed by atoms with E-state index in [0.29, 0.717) is 36.0 Å². The van der Waals surface area contributed by atoms with E-state index in [0.717, 1.165) is 0 Å². The Hall–Kier alpha value is -1.26. The molecule has 1 N–H and O–H groups in total. The highest BCUT2D eigenvalue weighted by Crippen LogP contribution is 2.39. The van der Waals surface area contributed by atoms with E-state index in [-0.39, 0.29) is 0 Å². The van der Waals surface area contributed by atoms with Crippen molar-refractivity contribution < 1.29 is 19.4 Å². The summed E-state index contributed by atoms with van der Waals surface area (Å²) in [5, 5.41) is 10.7. The molecule has 2 atom stereocenters. The Bertz CT molecular complexity index is 447. The van der Waals surface area contributed by atoms with E-state index in [9.17, 15) is 9.90 Å². The summed E-state index contributed by atoms with van der Waals surface area (Å²) in [6.45, 7) is 2.37. The Labute approximate surface area is 110 Å². The van der Waals surface area contributed by atoms with Gasteiger partial charge in [0.2, 0.25) is 0 Å². The van der Waals surface area contributed by atoms with Crippen molar-refractivity contribution in [3.63, 3.8) is 0 Å². The SMILES string of the molecule is CCOC(=O)C1CCOc2c(Cl)cccc2C1O. The second-order valence-electron chi connectivity index (χ2n) is 4.10. The van der Waals surface area contributed by atoms with Gasteiger partial charge in [0.15, 0.2) is 0 Å². The molecular formula is C13H15ClO4. The van der Waals surface area contributed by atoms with Gasteiger partial charge in [-0.1, -0.05) is 23.7 Å². The van der Waals surface area contributed by atoms with E-state index < -0.39 is 18.0 Å². The van der Waals surface area contributed by atoms with Crippen molar-refractivity contribution in [1.82, 2.24) is 0 Å². The van der Waals surface area contributed by atoms with Crippen LogP contribution in [0, 0.1) is 5.92 Å². The summed E-state index contributed by atoms with van der Waals surface area (Å²) in [5.74, 6) is -0.551. The van der Waals surface area contributed by atoms with E-state index in [4.69, 9.17) is 21.1 Å². The summed E-state index contributed by atoms with van der Waals surface area (Å²) in [6, 6.07) is 5.13. The maximum atomic E-state index is 11.8. The lowest BCUT2D eigenvalue weighted by Crippen LogP contribution is -2.24. The molecule has 0 saturated heterocycles. The maximum absolute atomic E-state index is 11.8. The molecule has 4 nitrogen and oxygen atoms in total. The van der Waals surface area contributed by atoms with Crippen LogP contribution in [-0.4, -0.2) is 24.3 Å². The van der Waals surface area contributed by atoms with Crippen LogP contribution >= 0.6 is 11.6 Å². The Balaban J connectivity index is 2.32. The zero-order chi connectivity index (χ0) is 13.1. The minimum atomic E-state index is -0.944. The number of para-hydroxylation sites is 1. The summed E-state index contributed by atoms with van der Waals surface area (Å²) >= 11 is 6.02. The van der Waals surface area contributed by atoms with E-state index in [1.54, 1.807) is 25.1 Å². The number of fused-ring (bicyclic) bond motifs is 1. The number of hydrogen-bond donors (Lipinski definition) is 1. The molecule has 1 aromatic carbocycles. The van der Waals surface area contributed by atoms with Crippen LogP contribution in [0.2, 0.25) is 5.02 Å². The number of halogens is 1. The van der Waals surface area contributed by atoms with Gasteiger partial charge in [0, 0.05) is 5.56 Å². The van der Waals surface area contributed by atoms with Crippen LogP contribution in [0.15, 0.2) is 18.2 Å². The van der Waals surface area contributed by atoms with Crippen LogP contribution in [0.5, 0.6) is 5.75 Å². The molecule has 2 rings (SSSR count). The summed E-state index contributed by atoms with van der Waals surface area (Å²) in [4.78, 5) is 11.8. The molecule has 0 amide bonds. The molecule has 0 saturated carbocycles. The van der Waals surface area contributed by atoms with Gasteiger partial charge in [0.25, 0.3) is 0 Å². The molecule has 18 heavy (non-hydrogen) atoms. The van der Waals surface area contributed by atoms with Gasteiger partial charge >= 0.3 is 5.97 Å². The molecule has 5 heteroatoms. The Morgan fingerprint density at radius 1 is 1.61 bits per heavy atom. The first-order chi connectivity index (χ1) is 8.65. The fourth-order valence-electron chi connectivity index (χ4n) is 2.07. The topological polar surface area (TPSA) is 55.8 Å². The van der Waals surface area contributed by atoms with Crippen molar-refractivity contribution in [2.45, 2.75) is 19.4 Å². The largest absolute Gasteiger partial charge is 0.492 e. The lowest BCUT2D eigenvalue weighted by atomic mass is 9.93. The average Bonchev–Trinajstić information content (AvgIpc) is 2.51. The van der Waals surface area contributed by atoms with Crippen molar-refractivity contribution in [3.05, 3.63) is 28.8 Å². The van der Waals surface area contributed by atoms with E-state index in [2.05, 4.69) is 0 Å². The fourth-order valence-corrected chi connectivity index (χ4v) is 2.31. The normalized spacial score (nSPS) is 22.6. The van der Waals surface area contributed by atoms with E-state index in [1.807, 2.05) is 0 Å². The third kappa shape index (κ3) is 2.44. The average molecular weight is 271 g/mol. The fraction of sp³-hybridized carbons (Fsp3) is 0.462. The van der Waals surface area contributed by atoms with Gasteiger partial charge in [0.05, 0.1) is 30.3 Å². The minimum Gasteiger partial charge on any atom is -0.492 e. The molecule has 98 valence electrons. The standard InChI is InChI=1S/C13H15ClO4/c1-2-17-13(16)9-6-7-18-12-8(11(9)15)4-3-5-10(12)14/h3-5,9,11,15H,2,6-7H2,1H3. The van der Waals surface area contributed by atoms with Crippen molar-refractivity contribution in [2.24, 2.45) is 5.92 Å². The molecule has 0 bridgehead atoms. The van der Waals surface area contributed by atoms with Gasteiger partial charge in [-0.2, -0.15) is 0 Å². The molecule has 0 spiro atoms. The first-order valence-electron chi connectivity index (χ1n) is 5.91. The highest BCUT2D eigenvalue weighted by molar-refractivity contribution is 6.32. The Kier molecular flexibility index (Phi) is 4.09. The molecule has 1 heterocycles. The molecule has 0 aliphatic carbocycles. The van der Waals surface area contributed by atoms with Crippen LogP contribution in [0.4, 0.5) is 0 Å². The lowest BCUT2D eigenvalue weighted by Gasteiger charge is -2.18. The van der Waals surface area contributed by atoms with Gasteiger partial charge in [-0.05, 0) is 19.4 Å². The van der Waals surface area contributed by atoms with E-state index >= 15 is 0 Å². The molecule has 0 fully saturated rings. The molecule has 2 unspecified atom stereocenters. The van der Waals surface area contributed by atoms with Crippen molar-refractivity contribution in [1.29, 1.82) is 0 Å². The molecule has 1 aliphatic rings. The third-order valence-corrected chi connectivity index (χ3v) is 3.26. The number of carbonyl (C=O) groups is 1. The summed E-state index contributed by atoms with van der Waals surface area (Å²) < 4.78 is 10.5. The summed E-state index contributed by atoms with van der Waals surface area (Å²) in [5.41, 5.74) is 0.540. The second kappa shape index (κ2) is 5.59. The van der Waals surface area contributed by atoms with Crippen molar-refractivity contribution in [3.8, 4) is 5.75 Å². The van der Waals surface area contributed by atoms with Gasteiger partial charge in [-0.15, -0.1) is 0 Å². The van der Waals surface area contributed by atoms with Crippen molar-refractivity contribution in [2.75, 3.05) is 13.2 Å². The quantitative estimate of drug-likeness (QED) is 0.838. The smallest absolute Gasteiger partial charge is 0.312 e. The zero-order valence-electron chi connectivity index (χ0n) is 10.1. The van der Waals surface area contributed by atoms with Crippen molar-refractivity contribution >= 4 is 17.6 Å². The van der Waals surface area contributed by atoms with Gasteiger partial charge in [-0.3, -0.25) is 4.79 Å². The summed E-state index contributed by atoms with van der Waals surface area (Å²) in [7, 11) is 0. The molecule has 0 aromatic heterocycles. The third-order valence-electron chi connectivity index (χ3n) is 2.96. The maximum Gasteiger partial charge on any atom is 0.312 e. The highest BCUT2D eigenvalue weighted by Gasteiger charge is 2.34. The predicted molar refractivity (Wildman–Crippen MR) is 66.6 cm³/mol. The Morgan fingerprint density at radius 2 is 2.39 bits per heavy atom. The molecular weight excluding hydrogens is 256 g/mol. The number of aliphatic hydroxyl groups excluding tert-OH is 1. The van der Waals surface area contributed by atoms with Crippen LogP contribution in [-0.2, 0) is 9.53 Å². The Morgan fingerprint density at radius 3 is 3.11 bits per heavy atom. The number of hydrogen-bond acceptors (Lipinski definition) is 4. The number of rotatable bonds is 2. The van der Waals surface area contributed by atoms with E-state index in [1.165, 1.54) is 0 Å². The first kappa shape index (κ1) is 13.2. The minimum absolute atomic E-state index is 0.297. The van der Waals surface area contributed by atoms with Crippen LogP contribution in [0.3, 0.4) is 0 Å². The zero-order valence-corrected chi connectivity index (χ0v) is 10.8. The summed E-state index contributed by atoms with van der Waals surface area (Å²) in [6.07, 6.45) is -0.536. The second-order valence-corrected chi connectivity index (χ2v) is 4.51. The van der Waals surface area contributed by atoms with Crippen LogP contribution < -0.4 is 4.74 Å². The number of aliphatic hydroxyl groups is 1. The highest BCUT2D eigenvalue weighted by atomic mass is 35.5. The monoisotopic (exact) mass is 270 g/mol. The van der Waals surface area contributed by atoms with Crippen LogP contribution in [0.25, 0.3) is 0 Å². The molecule has 1 aromatic rings. The predicted octanol–water partition coefficient (Wildman–Crippen LogP) is 2.34. The number of carbonyl (C=O) groups excluding carboxylic acids is 1. The lowest BCUT2D eigenvalue weighted by molar-refractivity contribution is -0.152. The molecule has 1 aliphatic heterocycles. The number of benzene rings is 1. The van der Waals surface area contributed by atoms with Gasteiger partial charge < -0.3 is 14.6 Å². The number of esters is 1.